The Balaban J connectivity index is 2.09. The molecule has 1 N–H and O–H groups in total. The van der Waals surface area contributed by atoms with Crippen LogP contribution in [0.5, 0.6) is 0 Å². The molecule has 1 saturated heterocycles. The maximum atomic E-state index is 12.1. The second kappa shape index (κ2) is 5.43. The molecular weight excluding hydrogens is 275 g/mol. The zero-order valence-electron chi connectivity index (χ0n) is 10.0. The lowest BCUT2D eigenvalue weighted by Gasteiger charge is -2.34. The van der Waals surface area contributed by atoms with E-state index in [9.17, 15) is 4.79 Å². The predicted octanol–water partition coefficient (Wildman–Crippen LogP) is 2.69. The third-order valence-electron chi connectivity index (χ3n) is 2.91. The summed E-state index contributed by atoms with van der Waals surface area (Å²) in [6.07, 6.45) is 3.25. The van der Waals surface area contributed by atoms with Crippen LogP contribution in [0.25, 0.3) is 0 Å². The molecule has 0 aliphatic carbocycles. The summed E-state index contributed by atoms with van der Waals surface area (Å²) in [7, 11) is 0. The quantitative estimate of drug-likeness (QED) is 0.852. The number of rotatable bonds is 2. The normalized spacial score (nSPS) is 23.7. The van der Waals surface area contributed by atoms with Crippen LogP contribution in [-0.4, -0.2) is 29.6 Å². The van der Waals surface area contributed by atoms with Crippen molar-refractivity contribution in [2.75, 3.05) is 13.2 Å². The van der Waals surface area contributed by atoms with Gasteiger partial charge >= 0.3 is 0 Å². The molecule has 1 aliphatic heterocycles. The molecule has 2 rings (SSSR count). The van der Waals surface area contributed by atoms with Crippen molar-refractivity contribution >= 4 is 29.1 Å². The zero-order valence-corrected chi connectivity index (χ0v) is 11.5. The number of carbonyl (C=O) groups excluding carboxylic acids is 1. The Morgan fingerprint density at radius 3 is 2.94 bits per heavy atom. The monoisotopic (exact) mass is 288 g/mol. The molecular formula is C12H14Cl2N2O2. The minimum Gasteiger partial charge on any atom is -0.379 e. The van der Waals surface area contributed by atoms with Gasteiger partial charge in [-0.3, -0.25) is 4.79 Å². The lowest BCUT2D eigenvalue weighted by Crippen LogP contribution is -2.51. The van der Waals surface area contributed by atoms with Crippen molar-refractivity contribution in [3.63, 3.8) is 0 Å². The summed E-state index contributed by atoms with van der Waals surface area (Å²) in [6, 6.07) is 1.51. The van der Waals surface area contributed by atoms with Crippen LogP contribution in [0.3, 0.4) is 0 Å². The molecule has 0 bridgehead atoms. The molecule has 1 atom stereocenters. The van der Waals surface area contributed by atoms with E-state index in [1.165, 1.54) is 12.3 Å². The molecule has 0 spiro atoms. The molecule has 1 fully saturated rings. The van der Waals surface area contributed by atoms with Crippen molar-refractivity contribution in [3.05, 3.63) is 28.0 Å². The van der Waals surface area contributed by atoms with Gasteiger partial charge in [-0.15, -0.1) is 0 Å². The van der Waals surface area contributed by atoms with E-state index in [1.807, 2.05) is 6.92 Å². The van der Waals surface area contributed by atoms with E-state index < -0.39 is 0 Å². The Kier molecular flexibility index (Phi) is 4.10. The molecule has 98 valence electrons. The summed E-state index contributed by atoms with van der Waals surface area (Å²) in [6.45, 7) is 3.24. The number of nitrogens with one attached hydrogen (secondary N) is 1. The van der Waals surface area contributed by atoms with Gasteiger partial charge < -0.3 is 10.1 Å². The van der Waals surface area contributed by atoms with Gasteiger partial charge in [0.05, 0.1) is 22.7 Å². The Hall–Kier alpha value is -0.840. The van der Waals surface area contributed by atoms with Crippen LogP contribution < -0.4 is 5.32 Å². The second-order valence-corrected chi connectivity index (χ2v) is 5.43. The van der Waals surface area contributed by atoms with Gasteiger partial charge in [-0.1, -0.05) is 23.2 Å². The standard InChI is InChI=1S/C12H14Cl2N2O2/c1-12(3-2-4-18-7-12)16-11(17)8-5-9(13)10(14)15-6-8/h5-6H,2-4,7H2,1H3,(H,16,17). The molecule has 1 unspecified atom stereocenters. The van der Waals surface area contributed by atoms with Crippen LogP contribution in [0.15, 0.2) is 12.3 Å². The number of ether oxygens (including phenoxy) is 1. The van der Waals surface area contributed by atoms with Crippen molar-refractivity contribution in [2.45, 2.75) is 25.3 Å². The van der Waals surface area contributed by atoms with E-state index in [4.69, 9.17) is 27.9 Å². The van der Waals surface area contributed by atoms with E-state index in [0.29, 0.717) is 12.2 Å². The Morgan fingerprint density at radius 1 is 1.56 bits per heavy atom. The lowest BCUT2D eigenvalue weighted by atomic mass is 9.94. The first-order valence-corrected chi connectivity index (χ1v) is 6.47. The van der Waals surface area contributed by atoms with Crippen LogP contribution >= 0.6 is 23.2 Å². The number of halogens is 2. The fourth-order valence-corrected chi connectivity index (χ4v) is 2.19. The number of nitrogens with zero attached hydrogens (tertiary/aromatic N) is 1. The summed E-state index contributed by atoms with van der Waals surface area (Å²) in [5.41, 5.74) is 0.0674. The maximum Gasteiger partial charge on any atom is 0.253 e. The number of hydrogen-bond donors (Lipinski definition) is 1. The molecule has 0 saturated carbocycles. The molecule has 0 radical (unpaired) electrons. The molecule has 18 heavy (non-hydrogen) atoms. The summed E-state index contributed by atoms with van der Waals surface area (Å²) < 4.78 is 5.39. The highest BCUT2D eigenvalue weighted by molar-refractivity contribution is 6.41. The summed E-state index contributed by atoms with van der Waals surface area (Å²) >= 11 is 11.5. The Bertz CT molecular complexity index is 459. The van der Waals surface area contributed by atoms with Gasteiger partial charge in [0, 0.05) is 12.8 Å². The van der Waals surface area contributed by atoms with E-state index >= 15 is 0 Å². The molecule has 6 heteroatoms. The molecule has 1 aromatic heterocycles. The van der Waals surface area contributed by atoms with Crippen LogP contribution in [0.1, 0.15) is 30.1 Å². The van der Waals surface area contributed by atoms with E-state index in [-0.39, 0.29) is 21.6 Å². The first-order chi connectivity index (χ1) is 8.50. The first-order valence-electron chi connectivity index (χ1n) is 5.71. The van der Waals surface area contributed by atoms with Gasteiger partial charge in [-0.25, -0.2) is 4.98 Å². The summed E-state index contributed by atoms with van der Waals surface area (Å²) in [5, 5.41) is 3.42. The summed E-state index contributed by atoms with van der Waals surface area (Å²) in [4.78, 5) is 15.9. The fraction of sp³-hybridized carbons (Fsp3) is 0.500. The molecule has 2 heterocycles. The highest BCUT2D eigenvalue weighted by Crippen LogP contribution is 2.22. The van der Waals surface area contributed by atoms with E-state index in [1.54, 1.807) is 0 Å². The Labute approximate surface area is 116 Å². The van der Waals surface area contributed by atoms with Gasteiger partial charge in [-0.05, 0) is 25.8 Å². The van der Waals surface area contributed by atoms with Gasteiger partial charge in [0.15, 0.2) is 0 Å². The largest absolute Gasteiger partial charge is 0.379 e. The molecule has 4 nitrogen and oxygen atoms in total. The molecule has 1 amide bonds. The highest BCUT2D eigenvalue weighted by atomic mass is 35.5. The van der Waals surface area contributed by atoms with Gasteiger partial charge in [0.1, 0.15) is 5.15 Å². The Morgan fingerprint density at radius 2 is 2.33 bits per heavy atom. The predicted molar refractivity (Wildman–Crippen MR) is 70.2 cm³/mol. The number of aromatic nitrogens is 1. The number of carbonyl (C=O) groups is 1. The first kappa shape index (κ1) is 13.6. The number of hydrogen-bond acceptors (Lipinski definition) is 3. The fourth-order valence-electron chi connectivity index (χ4n) is 1.92. The smallest absolute Gasteiger partial charge is 0.253 e. The lowest BCUT2D eigenvalue weighted by molar-refractivity contribution is 0.0272. The minimum atomic E-state index is -0.332. The van der Waals surface area contributed by atoms with Crippen LogP contribution in [0.4, 0.5) is 0 Å². The third kappa shape index (κ3) is 3.13. The maximum absolute atomic E-state index is 12.1. The van der Waals surface area contributed by atoms with Gasteiger partial charge in [-0.2, -0.15) is 0 Å². The average Bonchev–Trinajstić information content (AvgIpc) is 2.33. The van der Waals surface area contributed by atoms with Gasteiger partial charge in [0.2, 0.25) is 0 Å². The van der Waals surface area contributed by atoms with Crippen LogP contribution in [-0.2, 0) is 4.74 Å². The van der Waals surface area contributed by atoms with E-state index in [2.05, 4.69) is 10.3 Å². The van der Waals surface area contributed by atoms with Crippen molar-refractivity contribution in [1.29, 1.82) is 0 Å². The minimum absolute atomic E-state index is 0.195. The van der Waals surface area contributed by atoms with E-state index in [0.717, 1.165) is 19.4 Å². The third-order valence-corrected chi connectivity index (χ3v) is 3.60. The number of amides is 1. The van der Waals surface area contributed by atoms with Crippen LogP contribution in [0.2, 0.25) is 10.2 Å². The topological polar surface area (TPSA) is 51.2 Å². The molecule has 1 aromatic rings. The molecule has 0 aromatic carbocycles. The number of pyridine rings is 1. The van der Waals surface area contributed by atoms with Crippen LogP contribution in [0, 0.1) is 0 Å². The summed E-state index contributed by atoms with van der Waals surface area (Å²) in [5.74, 6) is -0.214. The van der Waals surface area contributed by atoms with Crippen molar-refractivity contribution in [2.24, 2.45) is 0 Å². The zero-order chi connectivity index (χ0) is 13.2. The second-order valence-electron chi connectivity index (χ2n) is 4.67. The van der Waals surface area contributed by atoms with Crippen molar-refractivity contribution in [1.82, 2.24) is 10.3 Å². The average molecular weight is 289 g/mol. The highest BCUT2D eigenvalue weighted by Gasteiger charge is 2.29. The van der Waals surface area contributed by atoms with Crippen molar-refractivity contribution in [3.8, 4) is 0 Å². The molecule has 1 aliphatic rings. The van der Waals surface area contributed by atoms with Crippen molar-refractivity contribution < 1.29 is 9.53 Å². The van der Waals surface area contributed by atoms with Gasteiger partial charge in [0.25, 0.3) is 5.91 Å². The SMILES string of the molecule is CC1(NC(=O)c2cnc(Cl)c(Cl)c2)CCCOC1.